The molecule has 0 bridgehead atoms. The molecule has 3 rings (SSSR count). The molecule has 5 nitrogen and oxygen atoms in total. The van der Waals surface area contributed by atoms with E-state index in [1.807, 2.05) is 32.0 Å². The maximum atomic E-state index is 11.6. The van der Waals surface area contributed by atoms with Gasteiger partial charge in [0.15, 0.2) is 5.69 Å². The zero-order valence-electron chi connectivity index (χ0n) is 12.8. The Morgan fingerprint density at radius 2 is 1.87 bits per heavy atom. The second kappa shape index (κ2) is 5.61. The first-order chi connectivity index (χ1) is 11.0. The normalized spacial score (nSPS) is 10.7. The lowest BCUT2D eigenvalue weighted by Crippen LogP contribution is -2.07. The van der Waals surface area contributed by atoms with E-state index in [1.54, 1.807) is 18.2 Å². The lowest BCUT2D eigenvalue weighted by atomic mass is 10.0. The molecule has 5 heteroatoms. The third kappa shape index (κ3) is 2.81. The number of aromatic carboxylic acids is 1. The van der Waals surface area contributed by atoms with Crippen LogP contribution >= 0.6 is 0 Å². The van der Waals surface area contributed by atoms with Crippen LogP contribution in [0.4, 0.5) is 0 Å². The minimum Gasteiger partial charge on any atom is -0.508 e. The van der Waals surface area contributed by atoms with Crippen molar-refractivity contribution in [2.75, 3.05) is 0 Å². The molecule has 2 N–H and O–H groups in total. The summed E-state index contributed by atoms with van der Waals surface area (Å²) in [6.07, 6.45) is 0. The van der Waals surface area contributed by atoms with E-state index in [0.29, 0.717) is 11.4 Å². The molecule has 2 aromatic carbocycles. The number of hydrogen-bond donors (Lipinski definition) is 2. The van der Waals surface area contributed by atoms with Crippen molar-refractivity contribution >= 4 is 5.97 Å². The number of rotatable bonds is 3. The number of carboxylic acids is 1. The molecule has 0 radical (unpaired) electrons. The van der Waals surface area contributed by atoms with Crippen molar-refractivity contribution in [2.45, 2.75) is 13.8 Å². The maximum absolute atomic E-state index is 11.6. The van der Waals surface area contributed by atoms with Gasteiger partial charge in [0.2, 0.25) is 0 Å². The Hall–Kier alpha value is -3.08. The Morgan fingerprint density at radius 3 is 2.57 bits per heavy atom. The second-order valence-electron chi connectivity index (χ2n) is 5.47. The Balaban J connectivity index is 2.20. The number of aromatic hydroxyl groups is 1. The lowest BCUT2D eigenvalue weighted by molar-refractivity contribution is 0.0687. The van der Waals surface area contributed by atoms with Gasteiger partial charge in [-0.15, -0.1) is 0 Å². The number of phenols is 1. The highest BCUT2D eigenvalue weighted by atomic mass is 16.4. The van der Waals surface area contributed by atoms with Gasteiger partial charge in [-0.1, -0.05) is 23.8 Å². The number of aromatic nitrogens is 2. The minimum absolute atomic E-state index is 0.0477. The summed E-state index contributed by atoms with van der Waals surface area (Å²) in [5, 5.41) is 23.5. The second-order valence-corrected chi connectivity index (χ2v) is 5.47. The Bertz CT molecular complexity index is 897. The van der Waals surface area contributed by atoms with E-state index >= 15 is 0 Å². The monoisotopic (exact) mass is 308 g/mol. The molecule has 0 fully saturated rings. The average Bonchev–Trinajstić information content (AvgIpc) is 2.95. The molecular weight excluding hydrogens is 292 g/mol. The van der Waals surface area contributed by atoms with E-state index in [-0.39, 0.29) is 11.4 Å². The number of aryl methyl sites for hydroxylation is 2. The molecule has 1 aromatic heterocycles. The summed E-state index contributed by atoms with van der Waals surface area (Å²) in [4.78, 5) is 11.6. The van der Waals surface area contributed by atoms with Crippen molar-refractivity contribution in [2.24, 2.45) is 0 Å². The van der Waals surface area contributed by atoms with Crippen LogP contribution < -0.4 is 0 Å². The first kappa shape index (κ1) is 14.8. The number of carbonyl (C=O) groups is 1. The molecule has 1 heterocycles. The molecule has 0 saturated carbocycles. The summed E-state index contributed by atoms with van der Waals surface area (Å²) in [6, 6.07) is 13.9. The summed E-state index contributed by atoms with van der Waals surface area (Å²) in [5.41, 5.74) is 4.13. The highest BCUT2D eigenvalue weighted by Crippen LogP contribution is 2.26. The van der Waals surface area contributed by atoms with Gasteiger partial charge in [-0.3, -0.25) is 0 Å². The van der Waals surface area contributed by atoms with E-state index in [0.717, 1.165) is 16.7 Å². The predicted molar refractivity (Wildman–Crippen MR) is 87.1 cm³/mol. The minimum atomic E-state index is -1.07. The molecule has 0 aliphatic carbocycles. The van der Waals surface area contributed by atoms with Crippen molar-refractivity contribution in [3.05, 3.63) is 65.4 Å². The molecule has 0 aliphatic rings. The fourth-order valence-corrected chi connectivity index (χ4v) is 2.50. The lowest BCUT2D eigenvalue weighted by Gasteiger charge is -2.05. The van der Waals surface area contributed by atoms with Crippen LogP contribution in [0.2, 0.25) is 0 Å². The molecule has 0 saturated heterocycles. The van der Waals surface area contributed by atoms with Gasteiger partial charge in [0.05, 0.1) is 11.4 Å². The fourth-order valence-electron chi connectivity index (χ4n) is 2.50. The number of nitrogens with zero attached hydrogens (tertiary/aromatic N) is 2. The molecule has 23 heavy (non-hydrogen) atoms. The van der Waals surface area contributed by atoms with Crippen molar-refractivity contribution < 1.29 is 15.0 Å². The number of benzene rings is 2. The molecular formula is C18H16N2O3. The SMILES string of the molecule is Cc1ccc(C)c(-c2cc(C(=O)O)n(-c3cccc(O)c3)n2)c1. The van der Waals surface area contributed by atoms with Gasteiger partial charge in [-0.25, -0.2) is 9.48 Å². The predicted octanol–water partition coefficient (Wildman–Crippen LogP) is 3.56. The van der Waals surface area contributed by atoms with Crippen LogP contribution in [0, 0.1) is 13.8 Å². The number of carboxylic acid groups (broad SMARTS) is 1. The zero-order chi connectivity index (χ0) is 16.6. The third-order valence-corrected chi connectivity index (χ3v) is 3.67. The van der Waals surface area contributed by atoms with Gasteiger partial charge in [-0.2, -0.15) is 5.10 Å². The number of hydrogen-bond acceptors (Lipinski definition) is 3. The quantitative estimate of drug-likeness (QED) is 0.775. The van der Waals surface area contributed by atoms with Crippen LogP contribution in [0.25, 0.3) is 16.9 Å². The molecule has 116 valence electrons. The van der Waals surface area contributed by atoms with Crippen LogP contribution in [0.1, 0.15) is 21.6 Å². The highest BCUT2D eigenvalue weighted by molar-refractivity contribution is 5.88. The van der Waals surface area contributed by atoms with Crippen molar-refractivity contribution in [3.8, 4) is 22.7 Å². The van der Waals surface area contributed by atoms with Gasteiger partial charge in [0, 0.05) is 11.6 Å². The molecule has 3 aromatic rings. The summed E-state index contributed by atoms with van der Waals surface area (Å²) in [6.45, 7) is 3.94. The van der Waals surface area contributed by atoms with Crippen LogP contribution in [0.15, 0.2) is 48.5 Å². The Morgan fingerprint density at radius 1 is 1.09 bits per heavy atom. The molecule has 0 atom stereocenters. The van der Waals surface area contributed by atoms with E-state index in [4.69, 9.17) is 0 Å². The van der Waals surface area contributed by atoms with Gasteiger partial charge in [0.1, 0.15) is 5.75 Å². The van der Waals surface area contributed by atoms with Gasteiger partial charge < -0.3 is 10.2 Å². The van der Waals surface area contributed by atoms with Crippen LogP contribution in [-0.2, 0) is 0 Å². The first-order valence-electron chi connectivity index (χ1n) is 7.16. The van der Waals surface area contributed by atoms with Gasteiger partial charge in [-0.05, 0) is 43.7 Å². The fraction of sp³-hybridized carbons (Fsp3) is 0.111. The summed E-state index contributed by atoms with van der Waals surface area (Å²) in [5.74, 6) is -1.01. The van der Waals surface area contributed by atoms with Crippen LogP contribution in [0.3, 0.4) is 0 Å². The molecule has 0 spiro atoms. The van der Waals surface area contributed by atoms with E-state index in [2.05, 4.69) is 5.10 Å². The third-order valence-electron chi connectivity index (χ3n) is 3.67. The highest BCUT2D eigenvalue weighted by Gasteiger charge is 2.18. The Labute approximate surface area is 133 Å². The summed E-state index contributed by atoms with van der Waals surface area (Å²) >= 11 is 0. The van der Waals surface area contributed by atoms with Crippen molar-refractivity contribution in [3.63, 3.8) is 0 Å². The average molecular weight is 308 g/mol. The molecule has 0 unspecified atom stereocenters. The van der Waals surface area contributed by atoms with Gasteiger partial charge in [0.25, 0.3) is 0 Å². The maximum Gasteiger partial charge on any atom is 0.354 e. The zero-order valence-corrected chi connectivity index (χ0v) is 12.8. The van der Waals surface area contributed by atoms with Crippen LogP contribution in [-0.4, -0.2) is 26.0 Å². The van der Waals surface area contributed by atoms with E-state index < -0.39 is 5.97 Å². The summed E-state index contributed by atoms with van der Waals surface area (Å²) < 4.78 is 1.33. The first-order valence-corrected chi connectivity index (χ1v) is 7.16. The topological polar surface area (TPSA) is 75.3 Å². The molecule has 0 amide bonds. The summed E-state index contributed by atoms with van der Waals surface area (Å²) in [7, 11) is 0. The van der Waals surface area contributed by atoms with Crippen molar-refractivity contribution in [1.29, 1.82) is 0 Å². The number of phenolic OH excluding ortho intramolecular Hbond substituents is 1. The Kier molecular flexibility index (Phi) is 3.62. The van der Waals surface area contributed by atoms with Crippen molar-refractivity contribution in [1.82, 2.24) is 9.78 Å². The standard InChI is InChI=1S/C18H16N2O3/c1-11-6-7-12(2)15(8-11)16-10-17(18(22)23)20(19-16)13-4-3-5-14(21)9-13/h3-10,21H,1-2H3,(H,22,23). The van der Waals surface area contributed by atoms with E-state index in [1.165, 1.54) is 16.8 Å². The smallest absolute Gasteiger partial charge is 0.354 e. The van der Waals surface area contributed by atoms with Crippen LogP contribution in [0.5, 0.6) is 5.75 Å². The van der Waals surface area contributed by atoms with E-state index in [9.17, 15) is 15.0 Å². The largest absolute Gasteiger partial charge is 0.508 e. The molecule has 0 aliphatic heterocycles. The van der Waals surface area contributed by atoms with Gasteiger partial charge >= 0.3 is 5.97 Å².